The van der Waals surface area contributed by atoms with Crippen molar-refractivity contribution in [2.45, 2.75) is 32.0 Å². The van der Waals surface area contributed by atoms with E-state index >= 15 is 0 Å². The van der Waals surface area contributed by atoms with Gasteiger partial charge in [0.1, 0.15) is 11.9 Å². The lowest BCUT2D eigenvalue weighted by molar-refractivity contribution is -0.128. The molecule has 3 heterocycles. The van der Waals surface area contributed by atoms with Crippen LogP contribution in [0.5, 0.6) is 11.5 Å². The Bertz CT molecular complexity index is 757. The number of rotatable bonds is 3. The van der Waals surface area contributed by atoms with Crippen LogP contribution in [0.4, 0.5) is 11.5 Å². The standard InChI is InChI=1S/C19H21N3O3/c1-13-18(25-16-7-3-2-6-15(16)24-13)19(23)21-17-9-8-14(12-20-17)22-10-4-5-11-22/h2-3,6-9,12-13,18H,4-5,10-11H2,1H3,(H,20,21,23)/t13-,18-/m0/s1. The van der Waals surface area contributed by atoms with Crippen molar-refractivity contribution in [1.29, 1.82) is 0 Å². The van der Waals surface area contributed by atoms with Crippen molar-refractivity contribution in [1.82, 2.24) is 4.98 Å². The molecule has 0 unspecified atom stereocenters. The normalized spacial score (nSPS) is 21.9. The zero-order valence-corrected chi connectivity index (χ0v) is 14.1. The number of nitrogens with zero attached hydrogens (tertiary/aromatic N) is 2. The largest absolute Gasteiger partial charge is 0.482 e. The van der Waals surface area contributed by atoms with E-state index in [-0.39, 0.29) is 12.0 Å². The van der Waals surface area contributed by atoms with Crippen LogP contribution in [0.3, 0.4) is 0 Å². The van der Waals surface area contributed by atoms with E-state index in [4.69, 9.17) is 9.47 Å². The minimum Gasteiger partial charge on any atom is -0.482 e. The number of para-hydroxylation sites is 2. The van der Waals surface area contributed by atoms with E-state index < -0.39 is 6.10 Å². The number of hydrogen-bond donors (Lipinski definition) is 1. The molecule has 2 aliphatic heterocycles. The molecular formula is C19H21N3O3. The molecule has 1 aromatic carbocycles. The Morgan fingerprint density at radius 1 is 1.12 bits per heavy atom. The summed E-state index contributed by atoms with van der Waals surface area (Å²) in [6.45, 7) is 3.96. The molecule has 0 aliphatic carbocycles. The lowest BCUT2D eigenvalue weighted by Gasteiger charge is -2.30. The fourth-order valence-electron chi connectivity index (χ4n) is 3.23. The molecule has 0 saturated carbocycles. The maximum absolute atomic E-state index is 12.6. The van der Waals surface area contributed by atoms with E-state index in [1.54, 1.807) is 12.3 Å². The summed E-state index contributed by atoms with van der Waals surface area (Å²) in [5.41, 5.74) is 1.09. The van der Waals surface area contributed by atoms with Crippen molar-refractivity contribution in [3.63, 3.8) is 0 Å². The summed E-state index contributed by atoms with van der Waals surface area (Å²) in [5, 5.41) is 2.82. The first-order chi connectivity index (χ1) is 12.2. The van der Waals surface area contributed by atoms with Gasteiger partial charge in [-0.2, -0.15) is 0 Å². The lowest BCUT2D eigenvalue weighted by Crippen LogP contribution is -2.46. The summed E-state index contributed by atoms with van der Waals surface area (Å²) in [5.74, 6) is 1.50. The quantitative estimate of drug-likeness (QED) is 0.932. The van der Waals surface area contributed by atoms with Crippen molar-refractivity contribution in [3.8, 4) is 11.5 Å². The van der Waals surface area contributed by atoms with Gasteiger partial charge in [-0.25, -0.2) is 4.98 Å². The zero-order chi connectivity index (χ0) is 17.2. The van der Waals surface area contributed by atoms with Gasteiger partial charge in [0.2, 0.25) is 6.10 Å². The second kappa shape index (κ2) is 6.63. The number of anilines is 2. The summed E-state index contributed by atoms with van der Waals surface area (Å²) in [6.07, 6.45) is 3.15. The number of ether oxygens (including phenoxy) is 2. The van der Waals surface area contributed by atoms with E-state index in [9.17, 15) is 4.79 Å². The summed E-state index contributed by atoms with van der Waals surface area (Å²) >= 11 is 0. The summed E-state index contributed by atoms with van der Waals surface area (Å²) < 4.78 is 11.6. The van der Waals surface area contributed by atoms with Crippen LogP contribution in [-0.2, 0) is 4.79 Å². The van der Waals surface area contributed by atoms with Gasteiger partial charge in [-0.05, 0) is 44.0 Å². The number of benzene rings is 1. The molecule has 2 aromatic rings. The molecule has 4 rings (SSSR count). The summed E-state index contributed by atoms with van der Waals surface area (Å²) in [7, 11) is 0. The molecule has 130 valence electrons. The smallest absolute Gasteiger partial charge is 0.270 e. The summed E-state index contributed by atoms with van der Waals surface area (Å²) in [4.78, 5) is 19.2. The first-order valence-electron chi connectivity index (χ1n) is 8.65. The van der Waals surface area contributed by atoms with Gasteiger partial charge in [0.25, 0.3) is 5.91 Å². The topological polar surface area (TPSA) is 63.7 Å². The number of fused-ring (bicyclic) bond motifs is 1. The molecule has 0 radical (unpaired) electrons. The van der Waals surface area contributed by atoms with Crippen LogP contribution < -0.4 is 19.7 Å². The summed E-state index contributed by atoms with van der Waals surface area (Å²) in [6, 6.07) is 11.2. The van der Waals surface area contributed by atoms with E-state index in [0.717, 1.165) is 18.8 Å². The van der Waals surface area contributed by atoms with Crippen molar-refractivity contribution >= 4 is 17.4 Å². The molecule has 1 aromatic heterocycles. The van der Waals surface area contributed by atoms with Crippen LogP contribution in [0.25, 0.3) is 0 Å². The molecule has 6 nitrogen and oxygen atoms in total. The Labute approximate surface area is 146 Å². The first kappa shape index (κ1) is 15.7. The Morgan fingerprint density at radius 2 is 1.84 bits per heavy atom. The maximum Gasteiger partial charge on any atom is 0.270 e. The van der Waals surface area contributed by atoms with Crippen LogP contribution in [0.15, 0.2) is 42.6 Å². The number of hydrogen-bond acceptors (Lipinski definition) is 5. The van der Waals surface area contributed by atoms with Gasteiger partial charge < -0.3 is 19.7 Å². The SMILES string of the molecule is C[C@@H]1Oc2ccccc2O[C@@H]1C(=O)Nc1ccc(N2CCCC2)cn1. The predicted octanol–water partition coefficient (Wildman–Crippen LogP) is 2.85. The number of nitrogens with one attached hydrogen (secondary N) is 1. The molecule has 6 heteroatoms. The van der Waals surface area contributed by atoms with Gasteiger partial charge in [0, 0.05) is 13.1 Å². The van der Waals surface area contributed by atoms with Gasteiger partial charge in [-0.3, -0.25) is 4.79 Å². The molecule has 0 spiro atoms. The van der Waals surface area contributed by atoms with Crippen molar-refractivity contribution in [2.24, 2.45) is 0 Å². The average molecular weight is 339 g/mol. The molecule has 1 N–H and O–H groups in total. The monoisotopic (exact) mass is 339 g/mol. The van der Waals surface area contributed by atoms with Crippen molar-refractivity contribution in [3.05, 3.63) is 42.6 Å². The highest BCUT2D eigenvalue weighted by atomic mass is 16.6. The third-order valence-corrected chi connectivity index (χ3v) is 4.57. The molecule has 1 amide bonds. The minimum absolute atomic E-state index is 0.261. The third kappa shape index (κ3) is 3.24. The number of carbonyl (C=O) groups is 1. The van der Waals surface area contributed by atoms with Crippen molar-refractivity contribution in [2.75, 3.05) is 23.3 Å². The second-order valence-corrected chi connectivity index (χ2v) is 6.39. The molecule has 1 saturated heterocycles. The fraction of sp³-hybridized carbons (Fsp3) is 0.368. The van der Waals surface area contributed by atoms with Gasteiger partial charge in [-0.15, -0.1) is 0 Å². The minimum atomic E-state index is -0.713. The zero-order valence-electron chi connectivity index (χ0n) is 14.1. The van der Waals surface area contributed by atoms with Gasteiger partial charge in [-0.1, -0.05) is 12.1 Å². The number of aromatic nitrogens is 1. The molecule has 1 fully saturated rings. The highest BCUT2D eigenvalue weighted by Gasteiger charge is 2.34. The maximum atomic E-state index is 12.6. The van der Waals surface area contributed by atoms with E-state index in [0.29, 0.717) is 17.3 Å². The van der Waals surface area contributed by atoms with Crippen LogP contribution in [0.1, 0.15) is 19.8 Å². The molecule has 0 bridgehead atoms. The van der Waals surface area contributed by atoms with E-state index in [1.165, 1.54) is 12.8 Å². The third-order valence-electron chi connectivity index (χ3n) is 4.57. The predicted molar refractivity (Wildman–Crippen MR) is 95.3 cm³/mol. The van der Waals surface area contributed by atoms with E-state index in [1.807, 2.05) is 37.3 Å². The van der Waals surface area contributed by atoms with Crippen LogP contribution in [0, 0.1) is 0 Å². The Kier molecular flexibility index (Phi) is 4.17. The highest BCUT2D eigenvalue weighted by molar-refractivity contribution is 5.94. The molecule has 2 atom stereocenters. The highest BCUT2D eigenvalue weighted by Crippen LogP contribution is 2.33. The Balaban J connectivity index is 1.43. The number of carbonyl (C=O) groups excluding carboxylic acids is 1. The second-order valence-electron chi connectivity index (χ2n) is 6.39. The number of pyridine rings is 1. The van der Waals surface area contributed by atoms with Gasteiger partial charge in [0.15, 0.2) is 11.5 Å². The Hall–Kier alpha value is -2.76. The number of amides is 1. The lowest BCUT2D eigenvalue weighted by atomic mass is 10.1. The van der Waals surface area contributed by atoms with Crippen LogP contribution in [0.2, 0.25) is 0 Å². The molecular weight excluding hydrogens is 318 g/mol. The van der Waals surface area contributed by atoms with Gasteiger partial charge >= 0.3 is 0 Å². The van der Waals surface area contributed by atoms with Crippen molar-refractivity contribution < 1.29 is 14.3 Å². The fourth-order valence-corrected chi connectivity index (χ4v) is 3.23. The molecule has 2 aliphatic rings. The van der Waals surface area contributed by atoms with Gasteiger partial charge in [0.05, 0.1) is 11.9 Å². The van der Waals surface area contributed by atoms with Crippen LogP contribution in [-0.4, -0.2) is 36.2 Å². The molecule has 25 heavy (non-hydrogen) atoms. The van der Waals surface area contributed by atoms with Crippen LogP contribution >= 0.6 is 0 Å². The first-order valence-corrected chi connectivity index (χ1v) is 8.65. The van der Waals surface area contributed by atoms with E-state index in [2.05, 4.69) is 15.2 Å². The Morgan fingerprint density at radius 3 is 2.52 bits per heavy atom. The average Bonchev–Trinajstić information content (AvgIpc) is 3.16.